The molecule has 1 rings (SSSR count). The van der Waals surface area contributed by atoms with Crippen molar-refractivity contribution in [2.45, 2.75) is 71.2 Å². The number of carbonyl (C=O) groups excluding carboxylic acids is 3. The molecular weight excluding hydrogens is 434 g/mol. The van der Waals surface area contributed by atoms with E-state index in [4.69, 9.17) is 10.5 Å². The van der Waals surface area contributed by atoms with Crippen molar-refractivity contribution in [3.8, 4) is 0 Å². The molecule has 182 valence electrons. The van der Waals surface area contributed by atoms with Crippen LogP contribution in [-0.4, -0.2) is 54.2 Å². The lowest BCUT2D eigenvalue weighted by molar-refractivity contribution is -0.145. The van der Waals surface area contributed by atoms with Crippen molar-refractivity contribution < 1.29 is 24.2 Å². The smallest absolute Gasteiger partial charge is 0.328 e. The van der Waals surface area contributed by atoms with Crippen molar-refractivity contribution in [3.63, 3.8) is 0 Å². The van der Waals surface area contributed by atoms with Crippen LogP contribution in [0.25, 0.3) is 0 Å². The first-order chi connectivity index (χ1) is 14.5. The minimum Gasteiger partial charge on any atom is -0.467 e. The quantitative estimate of drug-likeness (QED) is 0.342. The van der Waals surface area contributed by atoms with Gasteiger partial charge < -0.3 is 26.2 Å². The summed E-state index contributed by atoms with van der Waals surface area (Å²) in [7, 11) is 1.26. The van der Waals surface area contributed by atoms with Gasteiger partial charge in [-0.05, 0) is 23.8 Å². The molecule has 1 aromatic carbocycles. The molecule has 0 radical (unpaired) electrons. The minimum atomic E-state index is -1.00. The number of hydrogen-bond acceptors (Lipinski definition) is 6. The first kappa shape index (κ1) is 29.8. The molecule has 0 saturated heterocycles. The van der Waals surface area contributed by atoms with E-state index in [1.807, 2.05) is 44.2 Å². The lowest BCUT2D eigenvalue weighted by Gasteiger charge is -2.26. The Labute approximate surface area is 197 Å². The molecule has 1 aromatic rings. The predicted molar refractivity (Wildman–Crippen MR) is 126 cm³/mol. The third-order valence-corrected chi connectivity index (χ3v) is 4.98. The van der Waals surface area contributed by atoms with Crippen molar-refractivity contribution in [2.75, 3.05) is 7.11 Å². The molecule has 0 aromatic heterocycles. The average Bonchev–Trinajstić information content (AvgIpc) is 2.70. The first-order valence-electron chi connectivity index (χ1n) is 10.7. The Morgan fingerprint density at radius 2 is 1.66 bits per heavy atom. The minimum absolute atomic E-state index is 0. The first-order valence-corrected chi connectivity index (χ1v) is 10.7. The molecule has 9 heteroatoms. The maximum atomic E-state index is 12.9. The third kappa shape index (κ3) is 10.4. The van der Waals surface area contributed by atoms with Gasteiger partial charge in [-0.3, -0.25) is 9.59 Å². The molecule has 0 aliphatic rings. The van der Waals surface area contributed by atoms with E-state index >= 15 is 0 Å². The van der Waals surface area contributed by atoms with E-state index in [1.165, 1.54) is 7.11 Å². The fourth-order valence-electron chi connectivity index (χ4n) is 3.26. The van der Waals surface area contributed by atoms with Gasteiger partial charge in [0.1, 0.15) is 12.1 Å². The fourth-order valence-corrected chi connectivity index (χ4v) is 3.26. The van der Waals surface area contributed by atoms with Crippen LogP contribution in [0.4, 0.5) is 0 Å². The van der Waals surface area contributed by atoms with Crippen LogP contribution in [0, 0.1) is 11.8 Å². The SMILES string of the molecule is COC(=O)[C@H](Cc1ccccc1)NC(=O)[C@@H](NC(=O)C[C@H](O)C(N)CC(C)C)C(C)C.Cl. The van der Waals surface area contributed by atoms with Crippen molar-refractivity contribution in [1.29, 1.82) is 0 Å². The number of rotatable bonds is 12. The highest BCUT2D eigenvalue weighted by Crippen LogP contribution is 2.11. The number of halogens is 1. The number of esters is 1. The zero-order chi connectivity index (χ0) is 23.6. The number of aliphatic hydroxyl groups is 1. The molecule has 0 bridgehead atoms. The van der Waals surface area contributed by atoms with E-state index in [1.54, 1.807) is 13.8 Å². The van der Waals surface area contributed by atoms with Crippen LogP contribution < -0.4 is 16.4 Å². The van der Waals surface area contributed by atoms with Gasteiger partial charge in [0, 0.05) is 12.5 Å². The number of nitrogens with one attached hydrogen (secondary N) is 2. The molecule has 5 N–H and O–H groups in total. The zero-order valence-corrected chi connectivity index (χ0v) is 20.4. The van der Waals surface area contributed by atoms with Crippen molar-refractivity contribution in [3.05, 3.63) is 35.9 Å². The van der Waals surface area contributed by atoms with E-state index in [0.29, 0.717) is 12.3 Å². The van der Waals surface area contributed by atoms with Gasteiger partial charge >= 0.3 is 5.97 Å². The normalized spacial score (nSPS) is 14.7. The summed E-state index contributed by atoms with van der Waals surface area (Å²) in [6.07, 6.45) is -0.350. The number of aliphatic hydroxyl groups excluding tert-OH is 1. The summed E-state index contributed by atoms with van der Waals surface area (Å²) >= 11 is 0. The summed E-state index contributed by atoms with van der Waals surface area (Å²) in [5, 5.41) is 15.5. The van der Waals surface area contributed by atoms with Crippen LogP contribution in [0.5, 0.6) is 0 Å². The number of nitrogens with two attached hydrogens (primary N) is 1. The van der Waals surface area contributed by atoms with Crippen molar-refractivity contribution in [2.24, 2.45) is 17.6 Å². The molecule has 0 saturated carbocycles. The highest BCUT2D eigenvalue weighted by Gasteiger charge is 2.30. The largest absolute Gasteiger partial charge is 0.467 e. The molecule has 0 fully saturated rings. The van der Waals surface area contributed by atoms with Gasteiger partial charge in [-0.2, -0.15) is 0 Å². The molecule has 0 heterocycles. The summed E-state index contributed by atoms with van der Waals surface area (Å²) in [6.45, 7) is 7.55. The molecule has 8 nitrogen and oxygen atoms in total. The van der Waals surface area contributed by atoms with Crippen molar-refractivity contribution in [1.82, 2.24) is 10.6 Å². The number of amides is 2. The fraction of sp³-hybridized carbons (Fsp3) is 0.609. The molecular formula is C23H38ClN3O5. The Morgan fingerprint density at radius 3 is 2.16 bits per heavy atom. The van der Waals surface area contributed by atoms with Crippen LogP contribution in [0.3, 0.4) is 0 Å². The second kappa shape index (κ2) is 14.8. The summed E-state index contributed by atoms with van der Waals surface area (Å²) in [6, 6.07) is 6.98. The van der Waals surface area contributed by atoms with Gasteiger partial charge in [-0.1, -0.05) is 58.0 Å². The van der Waals surface area contributed by atoms with E-state index in [2.05, 4.69) is 10.6 Å². The van der Waals surface area contributed by atoms with Gasteiger partial charge in [0.25, 0.3) is 0 Å². The maximum absolute atomic E-state index is 12.9. The molecule has 1 unspecified atom stereocenters. The summed E-state index contributed by atoms with van der Waals surface area (Å²) in [4.78, 5) is 37.5. The van der Waals surface area contributed by atoms with Gasteiger partial charge in [0.2, 0.25) is 11.8 Å². The second-order valence-corrected chi connectivity index (χ2v) is 8.63. The maximum Gasteiger partial charge on any atom is 0.328 e. The van der Waals surface area contributed by atoms with Crippen LogP contribution in [-0.2, 0) is 25.5 Å². The molecule has 4 atom stereocenters. The van der Waals surface area contributed by atoms with E-state index < -0.39 is 42.0 Å². The monoisotopic (exact) mass is 471 g/mol. The number of hydrogen-bond donors (Lipinski definition) is 4. The van der Waals surface area contributed by atoms with Gasteiger partial charge in [0.15, 0.2) is 0 Å². The number of carbonyl (C=O) groups is 3. The highest BCUT2D eigenvalue weighted by molar-refractivity contribution is 5.91. The Hall–Kier alpha value is -2.16. The lowest BCUT2D eigenvalue weighted by Crippen LogP contribution is -2.55. The second-order valence-electron chi connectivity index (χ2n) is 8.63. The highest BCUT2D eigenvalue weighted by atomic mass is 35.5. The number of ether oxygens (including phenoxy) is 1. The van der Waals surface area contributed by atoms with Crippen molar-refractivity contribution >= 4 is 30.2 Å². The van der Waals surface area contributed by atoms with E-state index in [0.717, 1.165) is 5.56 Å². The average molecular weight is 472 g/mol. The summed E-state index contributed by atoms with van der Waals surface area (Å²) < 4.78 is 4.83. The molecule has 0 spiro atoms. The van der Waals surface area contributed by atoms with Crippen LogP contribution in [0.1, 0.15) is 46.1 Å². The third-order valence-electron chi connectivity index (χ3n) is 4.98. The van der Waals surface area contributed by atoms with Gasteiger partial charge in [0.05, 0.1) is 19.6 Å². The summed E-state index contributed by atoms with van der Waals surface area (Å²) in [5.74, 6) is -1.47. The van der Waals surface area contributed by atoms with Crippen LogP contribution in [0.2, 0.25) is 0 Å². The predicted octanol–water partition coefficient (Wildman–Crippen LogP) is 1.57. The number of methoxy groups -OCH3 is 1. The molecule has 2 amide bonds. The van der Waals surface area contributed by atoms with Crippen LogP contribution in [0.15, 0.2) is 30.3 Å². The van der Waals surface area contributed by atoms with Gasteiger partial charge in [-0.15, -0.1) is 12.4 Å². The Balaban J connectivity index is 0.00000961. The molecule has 32 heavy (non-hydrogen) atoms. The Kier molecular flexibility index (Phi) is 13.8. The topological polar surface area (TPSA) is 131 Å². The van der Waals surface area contributed by atoms with Crippen LogP contribution >= 0.6 is 12.4 Å². The molecule has 0 aliphatic heterocycles. The van der Waals surface area contributed by atoms with Gasteiger partial charge in [-0.25, -0.2) is 4.79 Å². The zero-order valence-electron chi connectivity index (χ0n) is 19.5. The standard InChI is InChI=1S/C23H37N3O5.ClH/c1-14(2)11-17(24)19(27)13-20(28)26-21(15(3)4)22(29)25-18(23(30)31-5)12-16-9-7-6-8-10-16;/h6-10,14-15,17-19,21,27H,11-13,24H2,1-5H3,(H,25,29)(H,26,28);1H/t17?,18-,19-,21-;/m0./s1. The number of benzene rings is 1. The van der Waals surface area contributed by atoms with E-state index in [9.17, 15) is 19.5 Å². The summed E-state index contributed by atoms with van der Waals surface area (Å²) in [5.41, 5.74) is 6.81. The molecule has 0 aliphatic carbocycles. The van der Waals surface area contributed by atoms with E-state index in [-0.39, 0.29) is 31.2 Å². The lowest BCUT2D eigenvalue weighted by atomic mass is 9.97. The Bertz CT molecular complexity index is 715. The Morgan fingerprint density at radius 1 is 1.06 bits per heavy atom.